The Morgan fingerprint density at radius 1 is 1.39 bits per heavy atom. The van der Waals surface area contributed by atoms with Gasteiger partial charge in [0.15, 0.2) is 0 Å². The van der Waals surface area contributed by atoms with E-state index in [2.05, 4.69) is 10.5 Å². The molecule has 98 valence electrons. The van der Waals surface area contributed by atoms with Gasteiger partial charge in [0.25, 0.3) is 0 Å². The van der Waals surface area contributed by atoms with E-state index in [1.807, 2.05) is 44.2 Å². The van der Waals surface area contributed by atoms with Gasteiger partial charge in [-0.2, -0.15) is 5.10 Å². The number of ether oxygens (including phenoxy) is 1. The summed E-state index contributed by atoms with van der Waals surface area (Å²) in [6.45, 7) is 4.35. The number of hydrazone groups is 1. The van der Waals surface area contributed by atoms with Crippen LogP contribution in [0.5, 0.6) is 0 Å². The maximum Gasteiger partial charge on any atom is 0.306 e. The van der Waals surface area contributed by atoms with Gasteiger partial charge in [0.05, 0.1) is 6.42 Å². The molecule has 0 atom stereocenters. The Bertz CT molecular complexity index is 375. The summed E-state index contributed by atoms with van der Waals surface area (Å²) >= 11 is 0. The predicted molar refractivity (Wildman–Crippen MR) is 72.2 cm³/mol. The molecule has 0 aliphatic rings. The highest BCUT2D eigenvalue weighted by molar-refractivity contribution is 5.73. The van der Waals surface area contributed by atoms with E-state index in [-0.39, 0.29) is 5.97 Å². The molecule has 0 bridgehead atoms. The maximum atomic E-state index is 11.4. The van der Waals surface area contributed by atoms with Gasteiger partial charge < -0.3 is 10.2 Å². The van der Waals surface area contributed by atoms with Gasteiger partial charge in [0.2, 0.25) is 0 Å². The molecule has 0 spiro atoms. The molecule has 4 heteroatoms. The minimum absolute atomic E-state index is 0.199. The van der Waals surface area contributed by atoms with E-state index in [0.717, 1.165) is 5.56 Å². The largest absolute Gasteiger partial charge is 0.461 e. The number of hydrogen-bond donors (Lipinski definition) is 1. The molecule has 0 unspecified atom stereocenters. The Hall–Kier alpha value is -1.84. The normalized spacial score (nSPS) is 10.8. The molecule has 18 heavy (non-hydrogen) atoms. The third kappa shape index (κ3) is 6.68. The molecular weight excluding hydrogens is 228 g/mol. The highest BCUT2D eigenvalue weighted by Crippen LogP contribution is 2.02. The van der Waals surface area contributed by atoms with Crippen LogP contribution in [0.1, 0.15) is 32.3 Å². The van der Waals surface area contributed by atoms with E-state index in [1.165, 1.54) is 0 Å². The number of benzene rings is 1. The molecule has 0 heterocycles. The minimum Gasteiger partial charge on any atom is -0.461 e. The SMILES string of the molecule is CC(C)NN=CCCC(=O)OCc1ccccc1. The predicted octanol–water partition coefficient (Wildman–Crippen LogP) is 2.49. The van der Waals surface area contributed by atoms with Gasteiger partial charge in [-0.1, -0.05) is 30.3 Å². The van der Waals surface area contributed by atoms with Crippen LogP contribution >= 0.6 is 0 Å². The topological polar surface area (TPSA) is 50.7 Å². The van der Waals surface area contributed by atoms with Gasteiger partial charge in [-0.05, 0) is 25.8 Å². The fraction of sp³-hybridized carbons (Fsp3) is 0.429. The summed E-state index contributed by atoms with van der Waals surface area (Å²) in [4.78, 5) is 11.4. The van der Waals surface area contributed by atoms with Crippen molar-refractivity contribution in [3.8, 4) is 0 Å². The number of hydrogen-bond acceptors (Lipinski definition) is 4. The van der Waals surface area contributed by atoms with Crippen molar-refractivity contribution in [2.75, 3.05) is 0 Å². The molecule has 4 nitrogen and oxygen atoms in total. The zero-order valence-corrected chi connectivity index (χ0v) is 10.9. The number of carbonyl (C=O) groups excluding carboxylic acids is 1. The van der Waals surface area contributed by atoms with Crippen molar-refractivity contribution in [1.29, 1.82) is 0 Å². The highest BCUT2D eigenvalue weighted by Gasteiger charge is 2.01. The van der Waals surface area contributed by atoms with Crippen molar-refractivity contribution in [1.82, 2.24) is 5.43 Å². The second kappa shape index (κ2) is 8.28. The van der Waals surface area contributed by atoms with Crippen molar-refractivity contribution in [2.24, 2.45) is 5.10 Å². The van der Waals surface area contributed by atoms with Crippen molar-refractivity contribution in [2.45, 2.75) is 39.3 Å². The summed E-state index contributed by atoms with van der Waals surface area (Å²) in [5.74, 6) is -0.199. The average molecular weight is 248 g/mol. The lowest BCUT2D eigenvalue weighted by molar-refractivity contribution is -0.144. The van der Waals surface area contributed by atoms with Crippen molar-refractivity contribution >= 4 is 12.2 Å². The molecule has 0 aliphatic carbocycles. The first-order valence-corrected chi connectivity index (χ1v) is 6.15. The summed E-state index contributed by atoms with van der Waals surface area (Å²) in [6, 6.07) is 9.96. The third-order valence-corrected chi connectivity index (χ3v) is 2.14. The molecule has 1 rings (SSSR count). The van der Waals surface area contributed by atoms with Gasteiger partial charge in [0, 0.05) is 12.3 Å². The van der Waals surface area contributed by atoms with Crippen LogP contribution in [0.4, 0.5) is 0 Å². The Labute approximate surface area is 108 Å². The van der Waals surface area contributed by atoms with Gasteiger partial charge in [0.1, 0.15) is 6.61 Å². The zero-order valence-electron chi connectivity index (χ0n) is 10.9. The summed E-state index contributed by atoms with van der Waals surface area (Å²) in [5, 5.41) is 3.98. The molecule has 0 amide bonds. The average Bonchev–Trinajstić information content (AvgIpc) is 2.37. The van der Waals surface area contributed by atoms with E-state index in [4.69, 9.17) is 4.74 Å². The molecule has 0 aromatic heterocycles. The molecule has 0 fully saturated rings. The van der Waals surface area contributed by atoms with Crippen LogP contribution in [0.2, 0.25) is 0 Å². The number of esters is 1. The highest BCUT2D eigenvalue weighted by atomic mass is 16.5. The van der Waals surface area contributed by atoms with E-state index in [0.29, 0.717) is 25.5 Å². The van der Waals surface area contributed by atoms with Crippen molar-refractivity contribution in [3.05, 3.63) is 35.9 Å². The van der Waals surface area contributed by atoms with Crippen LogP contribution in [0.15, 0.2) is 35.4 Å². The molecule has 0 saturated carbocycles. The number of nitrogens with zero attached hydrogens (tertiary/aromatic N) is 1. The van der Waals surface area contributed by atoms with Gasteiger partial charge >= 0.3 is 5.97 Å². The summed E-state index contributed by atoms with van der Waals surface area (Å²) in [5.41, 5.74) is 3.90. The Morgan fingerprint density at radius 2 is 2.11 bits per heavy atom. The van der Waals surface area contributed by atoms with Crippen LogP contribution in [0.25, 0.3) is 0 Å². The first kappa shape index (κ1) is 14.2. The van der Waals surface area contributed by atoms with E-state index in [1.54, 1.807) is 6.21 Å². The minimum atomic E-state index is -0.199. The van der Waals surface area contributed by atoms with Crippen LogP contribution in [0, 0.1) is 0 Å². The van der Waals surface area contributed by atoms with Gasteiger partial charge in [-0.15, -0.1) is 0 Å². The van der Waals surface area contributed by atoms with Crippen LogP contribution in [-0.2, 0) is 16.1 Å². The van der Waals surface area contributed by atoms with Gasteiger partial charge in [-0.3, -0.25) is 4.79 Å². The van der Waals surface area contributed by atoms with Crippen LogP contribution < -0.4 is 5.43 Å². The Kier molecular flexibility index (Phi) is 6.54. The lowest BCUT2D eigenvalue weighted by Crippen LogP contribution is -2.15. The van der Waals surface area contributed by atoms with Crippen molar-refractivity contribution < 1.29 is 9.53 Å². The molecule has 1 aromatic rings. The molecule has 0 radical (unpaired) electrons. The van der Waals surface area contributed by atoms with Gasteiger partial charge in [-0.25, -0.2) is 0 Å². The van der Waals surface area contributed by atoms with E-state index in [9.17, 15) is 4.79 Å². The number of nitrogens with one attached hydrogen (secondary N) is 1. The first-order chi connectivity index (χ1) is 8.68. The van der Waals surface area contributed by atoms with Crippen LogP contribution in [0.3, 0.4) is 0 Å². The second-order valence-corrected chi connectivity index (χ2v) is 4.28. The Balaban J connectivity index is 2.13. The third-order valence-electron chi connectivity index (χ3n) is 2.14. The maximum absolute atomic E-state index is 11.4. The summed E-state index contributed by atoms with van der Waals surface area (Å²) in [7, 11) is 0. The van der Waals surface area contributed by atoms with E-state index < -0.39 is 0 Å². The Morgan fingerprint density at radius 3 is 2.78 bits per heavy atom. The molecule has 0 saturated heterocycles. The van der Waals surface area contributed by atoms with E-state index >= 15 is 0 Å². The summed E-state index contributed by atoms with van der Waals surface area (Å²) in [6.07, 6.45) is 2.65. The number of carbonyl (C=O) groups is 1. The number of rotatable bonds is 7. The smallest absolute Gasteiger partial charge is 0.306 e. The molecule has 0 aliphatic heterocycles. The molecular formula is C14H20N2O2. The van der Waals surface area contributed by atoms with Crippen molar-refractivity contribution in [3.63, 3.8) is 0 Å². The second-order valence-electron chi connectivity index (χ2n) is 4.28. The lowest BCUT2D eigenvalue weighted by Gasteiger charge is -2.04. The standard InChI is InChI=1S/C14H20N2O2/c1-12(2)16-15-10-6-9-14(17)18-11-13-7-4-3-5-8-13/h3-5,7-8,10,12,16H,6,9,11H2,1-2H3. The fourth-order valence-electron chi connectivity index (χ4n) is 1.26. The quantitative estimate of drug-likeness (QED) is 0.458. The fourth-order valence-corrected chi connectivity index (χ4v) is 1.26. The monoisotopic (exact) mass is 248 g/mol. The first-order valence-electron chi connectivity index (χ1n) is 6.15. The summed E-state index contributed by atoms with van der Waals surface area (Å²) < 4.78 is 5.13. The molecule has 1 N–H and O–H groups in total. The molecule has 1 aromatic carbocycles. The van der Waals surface area contributed by atoms with Crippen LogP contribution in [-0.4, -0.2) is 18.2 Å². The zero-order chi connectivity index (χ0) is 13.2. The lowest BCUT2D eigenvalue weighted by atomic mass is 10.2.